The topological polar surface area (TPSA) is 172 Å². The van der Waals surface area contributed by atoms with Crippen molar-refractivity contribution in [2.45, 2.75) is 56.7 Å². The number of aliphatic carboxylic acids is 2. The molecule has 0 aromatic heterocycles. The van der Waals surface area contributed by atoms with Gasteiger partial charge in [-0.25, -0.2) is 9.80 Å². The number of halogens is 2. The predicted molar refractivity (Wildman–Crippen MR) is 138 cm³/mol. The number of guanidine groups is 1. The minimum absolute atomic E-state index is 0. The highest BCUT2D eigenvalue weighted by atomic mass is 79.9. The molecule has 0 bridgehead atoms. The van der Waals surface area contributed by atoms with Gasteiger partial charge in [-0.15, -0.1) is 34.0 Å². The van der Waals surface area contributed by atoms with Gasteiger partial charge in [-0.05, 0) is 56.2 Å². The average Bonchev–Trinajstić information content (AvgIpc) is 2.90. The maximum atomic E-state index is 13.2. The Morgan fingerprint density at radius 1 is 1.12 bits per heavy atom. The summed E-state index contributed by atoms with van der Waals surface area (Å²) in [6, 6.07) is 4.55. The van der Waals surface area contributed by atoms with Crippen LogP contribution in [0.15, 0.2) is 24.3 Å². The van der Waals surface area contributed by atoms with Crippen molar-refractivity contribution in [2.24, 2.45) is 5.73 Å². The number of amides is 1. The third-order valence-electron chi connectivity index (χ3n) is 5.87. The summed E-state index contributed by atoms with van der Waals surface area (Å²) < 4.78 is 0. The summed E-state index contributed by atoms with van der Waals surface area (Å²) in [6.45, 7) is 1.20. The van der Waals surface area contributed by atoms with E-state index in [0.717, 1.165) is 5.56 Å². The number of carboxylic acid groups (broad SMARTS) is 2. The first-order valence-electron chi connectivity index (χ1n) is 10.8. The molecule has 3 rings (SSSR count). The number of carbonyl (C=O) groups is 3. The second-order valence-corrected chi connectivity index (χ2v) is 8.16. The molecular formula is C21H32Br2N6O5. The molecule has 7 N–H and O–H groups in total. The number of carbonyl (C=O) groups excluding carboxylic acids is 1. The number of nitrogens with one attached hydrogen (secondary N) is 3. The summed E-state index contributed by atoms with van der Waals surface area (Å²) in [5.41, 5.74) is 6.88. The molecule has 3 atom stereocenters. The van der Waals surface area contributed by atoms with E-state index in [4.69, 9.17) is 11.1 Å². The molecule has 1 amide bonds. The number of aryl methyl sites for hydroxylation is 1. The number of fused-ring (bicyclic) bond motifs is 1. The lowest BCUT2D eigenvalue weighted by Gasteiger charge is -2.42. The number of hydrazine groups is 1. The van der Waals surface area contributed by atoms with E-state index in [0.29, 0.717) is 50.9 Å². The lowest BCUT2D eigenvalue weighted by molar-refractivity contribution is -0.174. The van der Waals surface area contributed by atoms with Crippen molar-refractivity contribution in [3.05, 3.63) is 29.8 Å². The predicted octanol–water partition coefficient (Wildman–Crippen LogP) is 1.58. The molecule has 0 aliphatic carbocycles. The Bertz CT molecular complexity index is 872. The zero-order valence-electron chi connectivity index (χ0n) is 18.6. The van der Waals surface area contributed by atoms with E-state index in [2.05, 4.69) is 10.6 Å². The molecule has 2 aliphatic heterocycles. The third-order valence-corrected chi connectivity index (χ3v) is 5.87. The summed E-state index contributed by atoms with van der Waals surface area (Å²) in [6.07, 6.45) is 2.96. The molecule has 1 aromatic rings. The lowest BCUT2D eigenvalue weighted by atomic mass is 10.0. The molecule has 2 heterocycles. The molecule has 0 saturated carbocycles. The zero-order valence-corrected chi connectivity index (χ0v) is 22.0. The van der Waals surface area contributed by atoms with Gasteiger partial charge < -0.3 is 21.3 Å². The minimum atomic E-state index is -1.05. The fourth-order valence-electron chi connectivity index (χ4n) is 4.29. The largest absolute Gasteiger partial charge is 0.480 e. The van der Waals surface area contributed by atoms with Gasteiger partial charge >= 0.3 is 11.9 Å². The highest BCUT2D eigenvalue weighted by Crippen LogP contribution is 2.24. The summed E-state index contributed by atoms with van der Waals surface area (Å²) >= 11 is 0. The van der Waals surface area contributed by atoms with Gasteiger partial charge in [0.05, 0.1) is 6.04 Å². The Balaban J connectivity index is 0.00000289. The molecule has 2 fully saturated rings. The SMILES string of the molecule is Br.Br.N=C(N)Nc1ccc(CC[C@H](N[C@H]2CCCN3CCC[C@@H](C(=O)O)N3C2=O)C(=O)O)cc1. The van der Waals surface area contributed by atoms with Gasteiger partial charge in [-0.2, -0.15) is 0 Å². The molecule has 13 heteroatoms. The summed E-state index contributed by atoms with van der Waals surface area (Å²) in [5, 5.41) is 35.3. The number of hydrogen-bond acceptors (Lipinski definition) is 6. The van der Waals surface area contributed by atoms with E-state index >= 15 is 0 Å². The highest BCUT2D eigenvalue weighted by molar-refractivity contribution is 8.93. The lowest BCUT2D eigenvalue weighted by Crippen LogP contribution is -2.61. The Morgan fingerprint density at radius 3 is 2.29 bits per heavy atom. The number of benzene rings is 1. The molecule has 0 spiro atoms. The highest BCUT2D eigenvalue weighted by Gasteiger charge is 2.42. The molecule has 0 radical (unpaired) electrons. The molecular weight excluding hydrogens is 576 g/mol. The molecule has 1 aromatic carbocycles. The second-order valence-electron chi connectivity index (χ2n) is 8.16. The van der Waals surface area contributed by atoms with Crippen LogP contribution >= 0.6 is 34.0 Å². The van der Waals surface area contributed by atoms with Gasteiger partial charge in [0.15, 0.2) is 5.96 Å². The van der Waals surface area contributed by atoms with E-state index in [1.165, 1.54) is 5.01 Å². The number of nitrogens with zero attached hydrogens (tertiary/aromatic N) is 2. The van der Waals surface area contributed by atoms with Gasteiger partial charge in [0.25, 0.3) is 5.91 Å². The minimum Gasteiger partial charge on any atom is -0.480 e. The average molecular weight is 608 g/mol. The zero-order chi connectivity index (χ0) is 23.3. The van der Waals surface area contributed by atoms with E-state index in [-0.39, 0.29) is 52.3 Å². The van der Waals surface area contributed by atoms with Crippen molar-refractivity contribution in [1.82, 2.24) is 15.3 Å². The number of carboxylic acids is 2. The maximum absolute atomic E-state index is 13.2. The monoisotopic (exact) mass is 606 g/mol. The Hall–Kier alpha value is -2.22. The first-order valence-corrected chi connectivity index (χ1v) is 10.8. The molecule has 2 saturated heterocycles. The van der Waals surface area contributed by atoms with Crippen LogP contribution in [0.5, 0.6) is 0 Å². The van der Waals surface area contributed by atoms with Crippen LogP contribution in [0.1, 0.15) is 37.7 Å². The van der Waals surface area contributed by atoms with Crippen LogP contribution in [0, 0.1) is 5.41 Å². The van der Waals surface area contributed by atoms with Crippen molar-refractivity contribution in [2.75, 3.05) is 18.4 Å². The standard InChI is InChI=1S/C21H30N6O5.2BrH/c22-21(23)24-14-8-5-13(6-9-14)7-10-16(19(29)30)25-15-3-1-11-26-12-2-4-17(20(31)32)27(26)18(15)28;;/h5-6,8-9,15-17,25H,1-4,7,10-12H2,(H,29,30)(H,31,32)(H4,22,23,24);2*1H/t15-,16-,17-;;/m0../s1. The molecule has 190 valence electrons. The smallest absolute Gasteiger partial charge is 0.328 e. The number of anilines is 1. The van der Waals surface area contributed by atoms with Crippen LogP contribution in [0.25, 0.3) is 0 Å². The number of hydrogen-bond donors (Lipinski definition) is 6. The van der Waals surface area contributed by atoms with Crippen molar-refractivity contribution >= 4 is 63.5 Å². The van der Waals surface area contributed by atoms with Crippen LogP contribution in [-0.2, 0) is 20.8 Å². The fraction of sp³-hybridized carbons (Fsp3) is 0.524. The fourth-order valence-corrected chi connectivity index (χ4v) is 4.29. The van der Waals surface area contributed by atoms with Gasteiger partial charge in [0.2, 0.25) is 0 Å². The maximum Gasteiger partial charge on any atom is 0.328 e. The first kappa shape index (κ1) is 29.8. The van der Waals surface area contributed by atoms with Crippen molar-refractivity contribution in [3.8, 4) is 0 Å². The van der Waals surface area contributed by atoms with Gasteiger partial charge in [-0.1, -0.05) is 12.1 Å². The molecule has 2 aliphatic rings. The van der Waals surface area contributed by atoms with Crippen molar-refractivity contribution in [3.63, 3.8) is 0 Å². The van der Waals surface area contributed by atoms with Gasteiger partial charge in [-0.3, -0.25) is 25.3 Å². The Morgan fingerprint density at radius 2 is 1.74 bits per heavy atom. The Kier molecular flexibility index (Phi) is 11.9. The summed E-state index contributed by atoms with van der Waals surface area (Å²) in [4.78, 5) is 36.8. The number of nitrogens with two attached hydrogens (primary N) is 1. The third kappa shape index (κ3) is 7.65. The normalized spacial score (nSPS) is 21.2. The summed E-state index contributed by atoms with van der Waals surface area (Å²) in [5.74, 6) is -2.64. The van der Waals surface area contributed by atoms with Gasteiger partial charge in [0.1, 0.15) is 12.1 Å². The van der Waals surface area contributed by atoms with Crippen LogP contribution in [0.2, 0.25) is 0 Å². The van der Waals surface area contributed by atoms with E-state index in [1.54, 1.807) is 17.1 Å². The quantitative estimate of drug-likeness (QED) is 0.189. The van der Waals surface area contributed by atoms with E-state index < -0.39 is 30.1 Å². The van der Waals surface area contributed by atoms with Crippen LogP contribution in [-0.4, -0.2) is 75.3 Å². The number of rotatable bonds is 8. The van der Waals surface area contributed by atoms with Crippen LogP contribution in [0.3, 0.4) is 0 Å². The first-order chi connectivity index (χ1) is 15.3. The van der Waals surface area contributed by atoms with Crippen LogP contribution < -0.4 is 16.4 Å². The molecule has 11 nitrogen and oxygen atoms in total. The molecule has 0 unspecified atom stereocenters. The van der Waals surface area contributed by atoms with Gasteiger partial charge in [0, 0.05) is 18.8 Å². The second kappa shape index (κ2) is 13.6. The van der Waals surface area contributed by atoms with E-state index in [1.807, 2.05) is 12.1 Å². The molecule has 34 heavy (non-hydrogen) atoms. The van der Waals surface area contributed by atoms with Crippen molar-refractivity contribution in [1.29, 1.82) is 5.41 Å². The van der Waals surface area contributed by atoms with Crippen molar-refractivity contribution < 1.29 is 24.6 Å². The van der Waals surface area contributed by atoms with Crippen LogP contribution in [0.4, 0.5) is 5.69 Å². The van der Waals surface area contributed by atoms with E-state index in [9.17, 15) is 24.6 Å². The Labute approximate surface area is 219 Å². The summed E-state index contributed by atoms with van der Waals surface area (Å²) in [7, 11) is 0.